The molecule has 2 atom stereocenters. The van der Waals surface area contributed by atoms with Crippen LogP contribution in [-0.4, -0.2) is 15.4 Å². The standard InChI is InChI=1S/C21H21N3OS/c1-15-8-10-17(11-9-15)13-19(14-22)26-21-24-23-20(25-21)12-16(2)18-6-4-3-5-7-18/h3-11,16,19H,12-13H2,1-2H3. The van der Waals surface area contributed by atoms with Crippen molar-refractivity contribution < 1.29 is 4.42 Å². The van der Waals surface area contributed by atoms with Crippen molar-refractivity contribution in [2.75, 3.05) is 0 Å². The van der Waals surface area contributed by atoms with E-state index in [2.05, 4.69) is 66.5 Å². The highest BCUT2D eigenvalue weighted by atomic mass is 32.2. The number of rotatable bonds is 7. The van der Waals surface area contributed by atoms with Crippen molar-refractivity contribution in [3.8, 4) is 6.07 Å². The third-order valence-corrected chi connectivity index (χ3v) is 5.15. The van der Waals surface area contributed by atoms with Gasteiger partial charge in [0.15, 0.2) is 0 Å². The summed E-state index contributed by atoms with van der Waals surface area (Å²) >= 11 is 1.33. The van der Waals surface area contributed by atoms with E-state index < -0.39 is 0 Å². The molecule has 0 spiro atoms. The third kappa shape index (κ3) is 4.96. The molecule has 26 heavy (non-hydrogen) atoms. The molecule has 5 heteroatoms. The first-order valence-electron chi connectivity index (χ1n) is 8.63. The lowest BCUT2D eigenvalue weighted by Crippen LogP contribution is -2.03. The highest BCUT2D eigenvalue weighted by Gasteiger charge is 2.17. The van der Waals surface area contributed by atoms with Crippen molar-refractivity contribution in [3.05, 3.63) is 77.2 Å². The predicted molar refractivity (Wildman–Crippen MR) is 103 cm³/mol. The van der Waals surface area contributed by atoms with Gasteiger partial charge in [0.2, 0.25) is 5.89 Å². The molecule has 4 nitrogen and oxygen atoms in total. The van der Waals surface area contributed by atoms with Gasteiger partial charge in [-0.05, 0) is 42.2 Å². The largest absolute Gasteiger partial charge is 0.416 e. The van der Waals surface area contributed by atoms with Gasteiger partial charge in [-0.1, -0.05) is 67.1 Å². The Morgan fingerprint density at radius 3 is 2.46 bits per heavy atom. The fourth-order valence-electron chi connectivity index (χ4n) is 2.70. The average molecular weight is 363 g/mol. The summed E-state index contributed by atoms with van der Waals surface area (Å²) in [5.41, 5.74) is 3.59. The summed E-state index contributed by atoms with van der Waals surface area (Å²) in [5, 5.41) is 17.9. The summed E-state index contributed by atoms with van der Waals surface area (Å²) in [7, 11) is 0. The van der Waals surface area contributed by atoms with Gasteiger partial charge in [0.1, 0.15) is 5.25 Å². The first-order chi connectivity index (χ1) is 12.6. The molecule has 2 aromatic carbocycles. The zero-order valence-electron chi connectivity index (χ0n) is 14.9. The van der Waals surface area contributed by atoms with Crippen molar-refractivity contribution in [1.29, 1.82) is 5.26 Å². The van der Waals surface area contributed by atoms with Crippen LogP contribution in [0.1, 0.15) is 35.4 Å². The molecule has 0 fully saturated rings. The first-order valence-corrected chi connectivity index (χ1v) is 9.51. The molecular formula is C21H21N3OS. The maximum absolute atomic E-state index is 9.44. The van der Waals surface area contributed by atoms with Crippen molar-refractivity contribution in [2.45, 2.75) is 43.1 Å². The lowest BCUT2D eigenvalue weighted by Gasteiger charge is -2.08. The molecule has 1 aromatic heterocycles. The zero-order valence-corrected chi connectivity index (χ0v) is 15.7. The van der Waals surface area contributed by atoms with Crippen LogP contribution in [-0.2, 0) is 12.8 Å². The second-order valence-electron chi connectivity index (χ2n) is 6.40. The lowest BCUT2D eigenvalue weighted by atomic mass is 9.98. The van der Waals surface area contributed by atoms with E-state index in [-0.39, 0.29) is 5.25 Å². The molecule has 0 aliphatic heterocycles. The Hall–Kier alpha value is -2.58. The Morgan fingerprint density at radius 2 is 1.77 bits per heavy atom. The Bertz CT molecular complexity index is 868. The molecule has 0 saturated heterocycles. The summed E-state index contributed by atoms with van der Waals surface area (Å²) in [4.78, 5) is 0. The van der Waals surface area contributed by atoms with E-state index in [0.717, 1.165) is 5.56 Å². The molecule has 2 unspecified atom stereocenters. The number of aryl methyl sites for hydroxylation is 1. The van der Waals surface area contributed by atoms with Crippen LogP contribution in [0.15, 0.2) is 64.2 Å². The van der Waals surface area contributed by atoms with Gasteiger partial charge in [0.05, 0.1) is 6.07 Å². The van der Waals surface area contributed by atoms with E-state index in [1.165, 1.54) is 22.9 Å². The maximum atomic E-state index is 9.44. The van der Waals surface area contributed by atoms with Crippen LogP contribution in [0.2, 0.25) is 0 Å². The highest BCUT2D eigenvalue weighted by Crippen LogP contribution is 2.26. The number of nitriles is 1. The lowest BCUT2D eigenvalue weighted by molar-refractivity contribution is 0.404. The molecule has 0 aliphatic carbocycles. The van der Waals surface area contributed by atoms with Gasteiger partial charge in [-0.25, -0.2) is 0 Å². The molecule has 0 saturated carbocycles. The number of thioether (sulfide) groups is 1. The smallest absolute Gasteiger partial charge is 0.277 e. The SMILES string of the molecule is Cc1ccc(CC(C#N)Sc2nnc(CC(C)c3ccccc3)o2)cc1. The normalized spacial score (nSPS) is 13.1. The second-order valence-corrected chi connectivity index (χ2v) is 7.56. The zero-order chi connectivity index (χ0) is 18.4. The molecule has 3 aromatic rings. The van der Waals surface area contributed by atoms with Gasteiger partial charge >= 0.3 is 0 Å². The monoisotopic (exact) mass is 363 g/mol. The van der Waals surface area contributed by atoms with E-state index >= 15 is 0 Å². The van der Waals surface area contributed by atoms with Crippen molar-refractivity contribution in [3.63, 3.8) is 0 Å². The minimum Gasteiger partial charge on any atom is -0.416 e. The highest BCUT2D eigenvalue weighted by molar-refractivity contribution is 7.99. The fraction of sp³-hybridized carbons (Fsp3) is 0.286. The predicted octanol–water partition coefficient (Wildman–Crippen LogP) is 4.95. The van der Waals surface area contributed by atoms with Gasteiger partial charge in [-0.3, -0.25) is 0 Å². The van der Waals surface area contributed by atoms with Crippen molar-refractivity contribution in [1.82, 2.24) is 10.2 Å². The molecule has 0 aliphatic rings. The molecule has 0 N–H and O–H groups in total. The van der Waals surface area contributed by atoms with Crippen LogP contribution in [0.25, 0.3) is 0 Å². The quantitative estimate of drug-likeness (QED) is 0.556. The molecular weight excluding hydrogens is 342 g/mol. The van der Waals surface area contributed by atoms with E-state index in [1.54, 1.807) is 0 Å². The van der Waals surface area contributed by atoms with Crippen molar-refractivity contribution >= 4 is 11.8 Å². The molecule has 0 amide bonds. The Balaban J connectivity index is 1.60. The van der Waals surface area contributed by atoms with Crippen LogP contribution in [0, 0.1) is 18.3 Å². The van der Waals surface area contributed by atoms with Gasteiger partial charge in [-0.15, -0.1) is 10.2 Å². The van der Waals surface area contributed by atoms with E-state index in [1.807, 2.05) is 18.2 Å². The number of nitrogens with zero attached hydrogens (tertiary/aromatic N) is 3. The number of benzene rings is 2. The van der Waals surface area contributed by atoms with Crippen LogP contribution in [0.5, 0.6) is 0 Å². The molecule has 3 rings (SSSR count). The summed E-state index contributed by atoms with van der Waals surface area (Å²) in [6.07, 6.45) is 1.34. The van der Waals surface area contributed by atoms with Crippen LogP contribution < -0.4 is 0 Å². The van der Waals surface area contributed by atoms with E-state index in [9.17, 15) is 5.26 Å². The number of hydrogen-bond acceptors (Lipinski definition) is 5. The minimum absolute atomic E-state index is 0.252. The molecule has 0 radical (unpaired) electrons. The molecule has 0 bridgehead atoms. The van der Waals surface area contributed by atoms with Gasteiger partial charge in [-0.2, -0.15) is 5.26 Å². The van der Waals surface area contributed by atoms with Gasteiger partial charge in [0.25, 0.3) is 5.22 Å². The van der Waals surface area contributed by atoms with Gasteiger partial charge in [0, 0.05) is 6.42 Å². The Morgan fingerprint density at radius 1 is 1.04 bits per heavy atom. The average Bonchev–Trinajstić information content (AvgIpc) is 3.10. The van der Waals surface area contributed by atoms with Gasteiger partial charge < -0.3 is 4.42 Å². The topological polar surface area (TPSA) is 62.7 Å². The summed E-state index contributed by atoms with van der Waals surface area (Å²) in [6, 6.07) is 20.8. The van der Waals surface area contributed by atoms with Crippen LogP contribution in [0.4, 0.5) is 0 Å². The van der Waals surface area contributed by atoms with E-state index in [0.29, 0.717) is 29.9 Å². The molecule has 1 heterocycles. The molecule has 132 valence electrons. The van der Waals surface area contributed by atoms with E-state index in [4.69, 9.17) is 4.42 Å². The fourth-order valence-corrected chi connectivity index (χ4v) is 3.51. The van der Waals surface area contributed by atoms with Crippen LogP contribution in [0.3, 0.4) is 0 Å². The number of aromatic nitrogens is 2. The second kappa shape index (κ2) is 8.68. The number of hydrogen-bond donors (Lipinski definition) is 0. The van der Waals surface area contributed by atoms with Crippen LogP contribution >= 0.6 is 11.8 Å². The summed E-state index contributed by atoms with van der Waals surface area (Å²) in [5.74, 6) is 0.907. The maximum Gasteiger partial charge on any atom is 0.277 e. The van der Waals surface area contributed by atoms with Crippen molar-refractivity contribution in [2.24, 2.45) is 0 Å². The summed E-state index contributed by atoms with van der Waals surface area (Å²) in [6.45, 7) is 4.19. The minimum atomic E-state index is -0.252. The summed E-state index contributed by atoms with van der Waals surface area (Å²) < 4.78 is 5.75. The Kier molecular flexibility index (Phi) is 6.08. The Labute approximate surface area is 158 Å². The third-order valence-electron chi connectivity index (χ3n) is 4.23. The first kappa shape index (κ1) is 18.2.